The number of methoxy groups -OCH3 is 1. The number of fused-ring (bicyclic) bond motifs is 1. The standard InChI is InChI=1S/C21H24N4O2/c1-22-20(26)14-11-12-17(19(13-14)27-2)24-21-23-16-9-5-6-10-18(16)25(21)15-7-3-4-8-15/h5-6,9-13,15H,3-4,7-8H2,1-2H3,(H,22,26)(H,23,24). The molecule has 0 aliphatic heterocycles. The molecule has 1 amide bonds. The van der Waals surface area contributed by atoms with E-state index >= 15 is 0 Å². The van der Waals surface area contributed by atoms with Gasteiger partial charge in [-0.2, -0.15) is 0 Å². The van der Waals surface area contributed by atoms with Gasteiger partial charge in [0.2, 0.25) is 5.95 Å². The summed E-state index contributed by atoms with van der Waals surface area (Å²) in [6.07, 6.45) is 4.84. The summed E-state index contributed by atoms with van der Waals surface area (Å²) in [5, 5.41) is 6.07. The molecule has 0 saturated heterocycles. The number of benzene rings is 2. The maximum atomic E-state index is 11.9. The van der Waals surface area contributed by atoms with Gasteiger partial charge in [-0.25, -0.2) is 4.98 Å². The summed E-state index contributed by atoms with van der Waals surface area (Å²) in [5.41, 5.74) is 3.48. The average molecular weight is 364 g/mol. The molecule has 2 N–H and O–H groups in total. The van der Waals surface area contributed by atoms with Crippen LogP contribution in [0.5, 0.6) is 5.75 Å². The minimum Gasteiger partial charge on any atom is -0.495 e. The minimum atomic E-state index is -0.141. The Morgan fingerprint density at radius 3 is 2.70 bits per heavy atom. The third-order valence-corrected chi connectivity index (χ3v) is 5.22. The molecule has 27 heavy (non-hydrogen) atoms. The molecule has 0 atom stereocenters. The van der Waals surface area contributed by atoms with Gasteiger partial charge in [0.15, 0.2) is 0 Å². The summed E-state index contributed by atoms with van der Waals surface area (Å²) in [6, 6.07) is 14.1. The number of ether oxygens (including phenoxy) is 1. The van der Waals surface area contributed by atoms with Crippen LogP contribution in [-0.4, -0.2) is 29.6 Å². The molecule has 1 saturated carbocycles. The van der Waals surface area contributed by atoms with Gasteiger partial charge in [0.05, 0.1) is 23.8 Å². The van der Waals surface area contributed by atoms with Crippen molar-refractivity contribution < 1.29 is 9.53 Å². The van der Waals surface area contributed by atoms with Crippen LogP contribution in [0.4, 0.5) is 11.6 Å². The summed E-state index contributed by atoms with van der Waals surface area (Å²) in [6.45, 7) is 0. The number of carbonyl (C=O) groups excluding carboxylic acids is 1. The van der Waals surface area contributed by atoms with E-state index in [4.69, 9.17) is 9.72 Å². The summed E-state index contributed by atoms with van der Waals surface area (Å²) in [5.74, 6) is 1.29. The number of hydrogen-bond acceptors (Lipinski definition) is 4. The Morgan fingerprint density at radius 2 is 1.96 bits per heavy atom. The molecule has 0 radical (unpaired) electrons. The second kappa shape index (κ2) is 7.31. The number of carbonyl (C=O) groups is 1. The van der Waals surface area contributed by atoms with Crippen LogP contribution >= 0.6 is 0 Å². The van der Waals surface area contributed by atoms with Crippen molar-refractivity contribution in [1.82, 2.24) is 14.9 Å². The zero-order valence-electron chi connectivity index (χ0n) is 15.7. The third-order valence-electron chi connectivity index (χ3n) is 5.22. The van der Waals surface area contributed by atoms with Crippen molar-refractivity contribution >= 4 is 28.6 Å². The number of anilines is 2. The van der Waals surface area contributed by atoms with Crippen LogP contribution in [0.1, 0.15) is 42.1 Å². The van der Waals surface area contributed by atoms with E-state index in [1.807, 2.05) is 18.2 Å². The Balaban J connectivity index is 1.75. The van der Waals surface area contributed by atoms with E-state index in [1.54, 1.807) is 26.3 Å². The fourth-order valence-corrected chi connectivity index (χ4v) is 3.87. The van der Waals surface area contributed by atoms with E-state index in [-0.39, 0.29) is 5.91 Å². The van der Waals surface area contributed by atoms with E-state index < -0.39 is 0 Å². The van der Waals surface area contributed by atoms with Crippen LogP contribution in [0.2, 0.25) is 0 Å². The number of aromatic nitrogens is 2. The molecular weight excluding hydrogens is 340 g/mol. The average Bonchev–Trinajstić information content (AvgIpc) is 3.34. The number of para-hydroxylation sites is 2. The Labute approximate surface area is 158 Å². The number of nitrogens with one attached hydrogen (secondary N) is 2. The number of rotatable bonds is 5. The molecule has 140 valence electrons. The maximum absolute atomic E-state index is 11.9. The Hall–Kier alpha value is -3.02. The monoisotopic (exact) mass is 364 g/mol. The molecule has 4 rings (SSSR count). The van der Waals surface area contributed by atoms with Gasteiger partial charge < -0.3 is 19.9 Å². The SMILES string of the molecule is CNC(=O)c1ccc(Nc2nc3ccccc3n2C2CCCC2)c(OC)c1. The maximum Gasteiger partial charge on any atom is 0.251 e. The van der Waals surface area contributed by atoms with Crippen LogP contribution < -0.4 is 15.4 Å². The van der Waals surface area contributed by atoms with E-state index in [2.05, 4.69) is 27.3 Å². The first-order valence-corrected chi connectivity index (χ1v) is 9.35. The van der Waals surface area contributed by atoms with E-state index in [0.29, 0.717) is 17.4 Å². The molecule has 1 aromatic heterocycles. The second-order valence-corrected chi connectivity index (χ2v) is 6.85. The van der Waals surface area contributed by atoms with Crippen LogP contribution in [0, 0.1) is 0 Å². The van der Waals surface area contributed by atoms with Crippen molar-refractivity contribution in [2.75, 3.05) is 19.5 Å². The zero-order valence-corrected chi connectivity index (χ0v) is 15.7. The van der Waals surface area contributed by atoms with Gasteiger partial charge in [0.25, 0.3) is 5.91 Å². The Kier molecular flexibility index (Phi) is 4.71. The molecule has 2 aromatic carbocycles. The lowest BCUT2D eigenvalue weighted by Gasteiger charge is -2.18. The highest BCUT2D eigenvalue weighted by molar-refractivity contribution is 5.95. The molecule has 6 heteroatoms. The molecule has 1 fully saturated rings. The molecule has 0 unspecified atom stereocenters. The van der Waals surface area contributed by atoms with Crippen molar-refractivity contribution in [1.29, 1.82) is 0 Å². The largest absolute Gasteiger partial charge is 0.495 e. The fourth-order valence-electron chi connectivity index (χ4n) is 3.87. The van der Waals surface area contributed by atoms with E-state index in [0.717, 1.165) is 22.7 Å². The van der Waals surface area contributed by atoms with Crippen molar-refractivity contribution in [3.8, 4) is 5.75 Å². The van der Waals surface area contributed by atoms with Crippen LogP contribution in [0.25, 0.3) is 11.0 Å². The highest BCUT2D eigenvalue weighted by Crippen LogP contribution is 2.37. The van der Waals surface area contributed by atoms with E-state index in [9.17, 15) is 4.79 Å². The number of hydrogen-bond donors (Lipinski definition) is 2. The first-order valence-electron chi connectivity index (χ1n) is 9.35. The van der Waals surface area contributed by atoms with Gasteiger partial charge in [-0.05, 0) is 43.2 Å². The highest BCUT2D eigenvalue weighted by atomic mass is 16.5. The van der Waals surface area contributed by atoms with Crippen LogP contribution in [0.3, 0.4) is 0 Å². The lowest BCUT2D eigenvalue weighted by atomic mass is 10.1. The fraction of sp³-hybridized carbons (Fsp3) is 0.333. The predicted molar refractivity (Wildman–Crippen MR) is 107 cm³/mol. The summed E-state index contributed by atoms with van der Waals surface area (Å²) in [4.78, 5) is 16.7. The zero-order chi connectivity index (χ0) is 18.8. The van der Waals surface area contributed by atoms with Crippen molar-refractivity contribution in [2.45, 2.75) is 31.7 Å². The molecule has 6 nitrogen and oxygen atoms in total. The summed E-state index contributed by atoms with van der Waals surface area (Å²) in [7, 11) is 3.22. The van der Waals surface area contributed by atoms with Gasteiger partial charge in [-0.15, -0.1) is 0 Å². The molecule has 3 aromatic rings. The topological polar surface area (TPSA) is 68.2 Å². The molecule has 0 spiro atoms. The second-order valence-electron chi connectivity index (χ2n) is 6.85. The summed E-state index contributed by atoms with van der Waals surface area (Å²) >= 11 is 0. The first kappa shape index (κ1) is 17.4. The van der Waals surface area contributed by atoms with E-state index in [1.165, 1.54) is 25.7 Å². The molecule has 1 aliphatic rings. The molecule has 1 heterocycles. The number of imidazole rings is 1. The van der Waals surface area contributed by atoms with Gasteiger partial charge >= 0.3 is 0 Å². The molecule has 1 aliphatic carbocycles. The smallest absolute Gasteiger partial charge is 0.251 e. The Bertz CT molecular complexity index is 973. The lowest BCUT2D eigenvalue weighted by Crippen LogP contribution is -2.17. The van der Waals surface area contributed by atoms with Crippen LogP contribution in [-0.2, 0) is 0 Å². The lowest BCUT2D eigenvalue weighted by molar-refractivity contribution is 0.0963. The van der Waals surface area contributed by atoms with Gasteiger partial charge in [-0.3, -0.25) is 4.79 Å². The highest BCUT2D eigenvalue weighted by Gasteiger charge is 2.23. The van der Waals surface area contributed by atoms with Crippen molar-refractivity contribution in [3.63, 3.8) is 0 Å². The summed E-state index contributed by atoms with van der Waals surface area (Å²) < 4.78 is 7.83. The molecular formula is C21H24N4O2. The normalized spacial score (nSPS) is 14.4. The van der Waals surface area contributed by atoms with Gasteiger partial charge in [0.1, 0.15) is 5.75 Å². The van der Waals surface area contributed by atoms with Gasteiger partial charge in [-0.1, -0.05) is 25.0 Å². The minimum absolute atomic E-state index is 0.141. The first-order chi connectivity index (χ1) is 13.2. The van der Waals surface area contributed by atoms with Crippen molar-refractivity contribution in [2.24, 2.45) is 0 Å². The predicted octanol–water partition coefficient (Wildman–Crippen LogP) is 4.26. The van der Waals surface area contributed by atoms with Gasteiger partial charge in [0, 0.05) is 18.7 Å². The number of amides is 1. The van der Waals surface area contributed by atoms with Crippen molar-refractivity contribution in [3.05, 3.63) is 48.0 Å². The third kappa shape index (κ3) is 3.23. The number of nitrogens with zero attached hydrogens (tertiary/aromatic N) is 2. The quantitative estimate of drug-likeness (QED) is 0.710. The Morgan fingerprint density at radius 1 is 1.19 bits per heavy atom. The van der Waals surface area contributed by atoms with Crippen LogP contribution in [0.15, 0.2) is 42.5 Å². The molecule has 0 bridgehead atoms.